The second kappa shape index (κ2) is 6.46. The summed E-state index contributed by atoms with van der Waals surface area (Å²) in [7, 11) is 0. The normalized spacial score (nSPS) is 8.81. The molecular weight excluding hydrogens is 196 g/mol. The number of para-hydroxylation sites is 1. The summed E-state index contributed by atoms with van der Waals surface area (Å²) in [5, 5.41) is 9.22. The third-order valence-electron chi connectivity index (χ3n) is 2.03. The lowest BCUT2D eigenvalue weighted by Gasteiger charge is -2.00. The van der Waals surface area contributed by atoms with E-state index >= 15 is 0 Å². The van der Waals surface area contributed by atoms with Gasteiger partial charge in [-0.2, -0.15) is 0 Å². The Morgan fingerprint density at radius 1 is 0.875 bits per heavy atom. The first-order chi connectivity index (χ1) is 7.72. The summed E-state index contributed by atoms with van der Waals surface area (Å²) in [6.07, 6.45) is 0. The van der Waals surface area contributed by atoms with Crippen molar-refractivity contribution in [2.75, 3.05) is 0 Å². The van der Waals surface area contributed by atoms with E-state index in [4.69, 9.17) is 0 Å². The Bertz CT molecular complexity index is 405. The Labute approximate surface area is 96.7 Å². The molecule has 0 saturated carbocycles. The van der Waals surface area contributed by atoms with Crippen molar-refractivity contribution in [1.29, 1.82) is 0 Å². The Hall–Kier alpha value is -2.02. The monoisotopic (exact) mass is 212 g/mol. The second-order valence-electron chi connectivity index (χ2n) is 3.45. The maximum Gasteiger partial charge on any atom is 0.123 e. The minimum absolute atomic E-state index is 0.301. The van der Waals surface area contributed by atoms with Gasteiger partial charge in [0.25, 0.3) is 0 Å². The lowest BCUT2D eigenvalue weighted by molar-refractivity contribution is 0.473. The molecule has 0 heterocycles. The maximum absolute atomic E-state index is 9.22. The summed E-state index contributed by atoms with van der Waals surface area (Å²) < 4.78 is 0. The number of phenols is 1. The second-order valence-corrected chi connectivity index (χ2v) is 3.45. The predicted molar refractivity (Wildman–Crippen MR) is 69.3 cm³/mol. The molecule has 0 aliphatic rings. The number of phenolic OH excluding ortho intramolecular Hbond substituents is 1. The largest absolute Gasteiger partial charge is 0.507 e. The van der Waals surface area contributed by atoms with Crippen molar-refractivity contribution in [2.24, 2.45) is 0 Å². The van der Waals surface area contributed by atoms with E-state index in [1.165, 1.54) is 0 Å². The average molecular weight is 212 g/mol. The number of hydrogen-bond donors (Lipinski definition) is 1. The average Bonchev–Trinajstić information content (AvgIpc) is 2.32. The van der Waals surface area contributed by atoms with Gasteiger partial charge in [-0.1, -0.05) is 61.2 Å². The van der Waals surface area contributed by atoms with Crippen molar-refractivity contribution in [3.8, 4) is 5.75 Å². The molecule has 0 aromatic heterocycles. The topological polar surface area (TPSA) is 20.2 Å². The summed E-state index contributed by atoms with van der Waals surface area (Å²) in [6.45, 7) is 5.60. The summed E-state index contributed by atoms with van der Waals surface area (Å²) in [5.41, 5.74) is 1.71. The lowest BCUT2D eigenvalue weighted by Crippen LogP contribution is -1.76. The third-order valence-corrected chi connectivity index (χ3v) is 2.03. The smallest absolute Gasteiger partial charge is 0.123 e. The summed E-state index contributed by atoms with van der Waals surface area (Å²) in [6, 6.07) is 19.2. The molecule has 82 valence electrons. The minimum atomic E-state index is 0.301. The maximum atomic E-state index is 9.22. The number of aromatic hydroxyl groups is 1. The molecule has 0 aliphatic carbocycles. The van der Waals surface area contributed by atoms with Crippen LogP contribution in [0.3, 0.4) is 0 Å². The van der Waals surface area contributed by atoms with Crippen LogP contribution in [-0.4, -0.2) is 5.11 Å². The van der Waals surface area contributed by atoms with E-state index in [2.05, 4.69) is 6.58 Å². The van der Waals surface area contributed by atoms with Gasteiger partial charge in [0.05, 0.1) is 0 Å². The minimum Gasteiger partial charge on any atom is -0.507 e. The van der Waals surface area contributed by atoms with Crippen molar-refractivity contribution in [1.82, 2.24) is 0 Å². The van der Waals surface area contributed by atoms with E-state index in [1.54, 1.807) is 12.1 Å². The number of hydrogen-bond acceptors (Lipinski definition) is 1. The van der Waals surface area contributed by atoms with Gasteiger partial charge < -0.3 is 5.11 Å². The van der Waals surface area contributed by atoms with Crippen molar-refractivity contribution in [3.05, 3.63) is 72.8 Å². The van der Waals surface area contributed by atoms with E-state index in [9.17, 15) is 5.11 Å². The van der Waals surface area contributed by atoms with E-state index < -0.39 is 0 Å². The van der Waals surface area contributed by atoms with E-state index in [1.807, 2.05) is 55.5 Å². The van der Waals surface area contributed by atoms with E-state index in [0.29, 0.717) is 5.75 Å². The van der Waals surface area contributed by atoms with Crippen LogP contribution in [0.2, 0.25) is 0 Å². The highest BCUT2D eigenvalue weighted by Crippen LogP contribution is 2.21. The molecule has 0 fully saturated rings. The molecule has 1 heteroatoms. The van der Waals surface area contributed by atoms with Crippen molar-refractivity contribution < 1.29 is 5.11 Å². The lowest BCUT2D eigenvalue weighted by atomic mass is 10.1. The van der Waals surface area contributed by atoms with Crippen molar-refractivity contribution >= 4 is 5.57 Å². The molecule has 0 atom stereocenters. The fourth-order valence-electron chi connectivity index (χ4n) is 1.22. The fraction of sp³-hybridized carbons (Fsp3) is 0.0667. The molecule has 16 heavy (non-hydrogen) atoms. The van der Waals surface area contributed by atoms with Crippen LogP contribution in [0.15, 0.2) is 67.2 Å². The molecule has 1 N–H and O–H groups in total. The highest BCUT2D eigenvalue weighted by atomic mass is 16.3. The first-order valence-corrected chi connectivity index (χ1v) is 5.15. The van der Waals surface area contributed by atoms with Crippen LogP contribution in [0.4, 0.5) is 0 Å². The highest BCUT2D eigenvalue weighted by Gasteiger charge is 1.96. The Kier molecular flexibility index (Phi) is 4.87. The number of rotatable bonds is 1. The molecule has 0 amide bonds. The van der Waals surface area contributed by atoms with Crippen LogP contribution < -0.4 is 0 Å². The van der Waals surface area contributed by atoms with E-state index in [0.717, 1.165) is 11.1 Å². The van der Waals surface area contributed by atoms with E-state index in [-0.39, 0.29) is 0 Å². The standard InChI is InChI=1S/C9H10O.C6H6/c1-7(2)8-5-3-4-6-9(8)10;1-2-4-6-5-3-1/h3-6,10H,1H2,2H3;1-6H. The van der Waals surface area contributed by atoms with Crippen LogP contribution in [0.1, 0.15) is 12.5 Å². The molecule has 0 unspecified atom stereocenters. The zero-order valence-electron chi connectivity index (χ0n) is 9.43. The fourth-order valence-corrected chi connectivity index (χ4v) is 1.22. The molecule has 2 rings (SSSR count). The zero-order chi connectivity index (χ0) is 11.8. The van der Waals surface area contributed by atoms with Gasteiger partial charge in [0.15, 0.2) is 0 Å². The van der Waals surface area contributed by atoms with Gasteiger partial charge in [-0.3, -0.25) is 0 Å². The Balaban J connectivity index is 0.000000181. The first-order valence-electron chi connectivity index (χ1n) is 5.15. The highest BCUT2D eigenvalue weighted by molar-refractivity contribution is 5.66. The molecule has 0 saturated heterocycles. The quantitative estimate of drug-likeness (QED) is 0.754. The molecule has 0 aliphatic heterocycles. The van der Waals surface area contributed by atoms with Crippen LogP contribution in [-0.2, 0) is 0 Å². The Morgan fingerprint density at radius 3 is 1.62 bits per heavy atom. The summed E-state index contributed by atoms with van der Waals surface area (Å²) in [5.74, 6) is 0.301. The van der Waals surface area contributed by atoms with Gasteiger partial charge in [0.2, 0.25) is 0 Å². The van der Waals surface area contributed by atoms with Gasteiger partial charge in [-0.05, 0) is 18.6 Å². The SMILES string of the molecule is C=C(C)c1ccccc1O.c1ccccc1. The van der Waals surface area contributed by atoms with Crippen LogP contribution >= 0.6 is 0 Å². The van der Waals surface area contributed by atoms with Crippen molar-refractivity contribution in [3.63, 3.8) is 0 Å². The predicted octanol–water partition coefficient (Wildman–Crippen LogP) is 4.11. The molecule has 0 spiro atoms. The molecule has 0 radical (unpaired) electrons. The van der Waals surface area contributed by atoms with Gasteiger partial charge in [0.1, 0.15) is 5.75 Å². The number of benzene rings is 2. The van der Waals surface area contributed by atoms with Gasteiger partial charge >= 0.3 is 0 Å². The first kappa shape index (κ1) is 12.1. The van der Waals surface area contributed by atoms with Gasteiger partial charge in [-0.15, -0.1) is 0 Å². The third kappa shape index (κ3) is 4.01. The molecule has 2 aromatic carbocycles. The summed E-state index contributed by atoms with van der Waals surface area (Å²) in [4.78, 5) is 0. The number of allylic oxidation sites excluding steroid dienone is 1. The van der Waals surface area contributed by atoms with Crippen LogP contribution in [0.25, 0.3) is 5.57 Å². The van der Waals surface area contributed by atoms with Crippen molar-refractivity contribution in [2.45, 2.75) is 6.92 Å². The van der Waals surface area contributed by atoms with Gasteiger partial charge in [-0.25, -0.2) is 0 Å². The molecule has 1 nitrogen and oxygen atoms in total. The molecule has 0 bridgehead atoms. The van der Waals surface area contributed by atoms with Gasteiger partial charge in [0, 0.05) is 5.56 Å². The molecule has 2 aromatic rings. The van der Waals surface area contributed by atoms with Crippen LogP contribution in [0, 0.1) is 0 Å². The zero-order valence-corrected chi connectivity index (χ0v) is 9.43. The molecular formula is C15H16O. The summed E-state index contributed by atoms with van der Waals surface area (Å²) >= 11 is 0. The Morgan fingerprint density at radius 2 is 1.31 bits per heavy atom. The van der Waals surface area contributed by atoms with Crippen LogP contribution in [0.5, 0.6) is 5.75 Å².